The monoisotopic (exact) mass is 292 g/mol. The second-order valence-corrected chi connectivity index (χ2v) is 5.57. The van der Waals surface area contributed by atoms with Crippen LogP contribution in [0.1, 0.15) is 19.8 Å². The largest absolute Gasteiger partial charge is 0.497 e. The van der Waals surface area contributed by atoms with Crippen molar-refractivity contribution in [2.75, 3.05) is 39.2 Å². The van der Waals surface area contributed by atoms with Gasteiger partial charge in [0.1, 0.15) is 11.5 Å². The molecule has 21 heavy (non-hydrogen) atoms. The van der Waals surface area contributed by atoms with E-state index in [1.165, 1.54) is 0 Å². The maximum Gasteiger partial charge on any atom is 0.238 e. The van der Waals surface area contributed by atoms with Crippen molar-refractivity contribution >= 4 is 11.6 Å². The summed E-state index contributed by atoms with van der Waals surface area (Å²) in [5.41, 5.74) is 0.646. The van der Waals surface area contributed by atoms with Crippen LogP contribution in [0.2, 0.25) is 0 Å². The number of nitrogens with one attached hydrogen (secondary N) is 1. The zero-order valence-electron chi connectivity index (χ0n) is 13.0. The molecule has 1 N–H and O–H groups in total. The van der Waals surface area contributed by atoms with Crippen molar-refractivity contribution in [2.45, 2.75) is 19.8 Å². The molecule has 0 aliphatic carbocycles. The van der Waals surface area contributed by atoms with E-state index in [0.717, 1.165) is 31.8 Å². The van der Waals surface area contributed by atoms with E-state index < -0.39 is 0 Å². The molecule has 2 rings (SSSR count). The number of piperidine rings is 1. The van der Waals surface area contributed by atoms with E-state index in [4.69, 9.17) is 9.47 Å². The zero-order valence-corrected chi connectivity index (χ0v) is 13.0. The number of hydrogen-bond donors (Lipinski definition) is 1. The Morgan fingerprint density at radius 1 is 1.29 bits per heavy atom. The van der Waals surface area contributed by atoms with Crippen molar-refractivity contribution in [1.82, 2.24) is 4.90 Å². The van der Waals surface area contributed by atoms with Gasteiger partial charge >= 0.3 is 0 Å². The van der Waals surface area contributed by atoms with Crippen LogP contribution in [-0.4, -0.2) is 44.7 Å². The quantitative estimate of drug-likeness (QED) is 0.905. The number of likely N-dealkylation sites (tertiary alicyclic amines) is 1. The fourth-order valence-electron chi connectivity index (χ4n) is 2.52. The minimum absolute atomic E-state index is 0.0175. The number of amides is 1. The second-order valence-electron chi connectivity index (χ2n) is 5.57. The molecular weight excluding hydrogens is 268 g/mol. The van der Waals surface area contributed by atoms with E-state index in [2.05, 4.69) is 17.1 Å². The molecule has 5 heteroatoms. The zero-order chi connectivity index (χ0) is 15.2. The predicted molar refractivity (Wildman–Crippen MR) is 83.0 cm³/mol. The van der Waals surface area contributed by atoms with E-state index in [1.54, 1.807) is 32.4 Å². The van der Waals surface area contributed by atoms with E-state index in [0.29, 0.717) is 23.7 Å². The van der Waals surface area contributed by atoms with E-state index in [-0.39, 0.29) is 5.91 Å². The summed E-state index contributed by atoms with van der Waals surface area (Å²) in [4.78, 5) is 14.4. The molecule has 1 fully saturated rings. The highest BCUT2D eigenvalue weighted by Gasteiger charge is 2.18. The van der Waals surface area contributed by atoms with Gasteiger partial charge in [0, 0.05) is 6.07 Å². The lowest BCUT2D eigenvalue weighted by Gasteiger charge is -2.29. The molecule has 1 aliphatic rings. The van der Waals surface area contributed by atoms with E-state index in [9.17, 15) is 4.79 Å². The lowest BCUT2D eigenvalue weighted by Crippen LogP contribution is -2.38. The summed E-state index contributed by atoms with van der Waals surface area (Å²) >= 11 is 0. The van der Waals surface area contributed by atoms with Gasteiger partial charge < -0.3 is 14.8 Å². The van der Waals surface area contributed by atoms with Crippen molar-refractivity contribution in [3.05, 3.63) is 18.2 Å². The van der Waals surface area contributed by atoms with Crippen LogP contribution in [0.3, 0.4) is 0 Å². The predicted octanol–water partition coefficient (Wildman–Crippen LogP) is 2.37. The van der Waals surface area contributed by atoms with Gasteiger partial charge in [-0.2, -0.15) is 0 Å². The summed E-state index contributed by atoms with van der Waals surface area (Å²) in [6, 6.07) is 5.37. The number of hydrogen-bond acceptors (Lipinski definition) is 4. The highest BCUT2D eigenvalue weighted by atomic mass is 16.5. The molecule has 1 aromatic carbocycles. The number of carbonyl (C=O) groups is 1. The van der Waals surface area contributed by atoms with Crippen LogP contribution in [-0.2, 0) is 4.79 Å². The van der Waals surface area contributed by atoms with E-state index in [1.807, 2.05) is 0 Å². The molecule has 1 amide bonds. The van der Waals surface area contributed by atoms with Crippen LogP contribution in [0.5, 0.6) is 11.5 Å². The van der Waals surface area contributed by atoms with Crippen LogP contribution in [0.15, 0.2) is 18.2 Å². The SMILES string of the molecule is COc1ccc(OC)c(NC(=O)CN2CCC(C)CC2)c1. The highest BCUT2D eigenvalue weighted by Crippen LogP contribution is 2.28. The number of ether oxygens (including phenoxy) is 2. The third-order valence-electron chi connectivity index (χ3n) is 3.92. The Kier molecular flexibility index (Phi) is 5.44. The molecule has 1 aromatic rings. The van der Waals surface area contributed by atoms with Crippen molar-refractivity contribution in [2.24, 2.45) is 5.92 Å². The first kappa shape index (κ1) is 15.6. The summed E-state index contributed by atoms with van der Waals surface area (Å²) in [6.07, 6.45) is 2.32. The molecule has 116 valence electrons. The third kappa shape index (κ3) is 4.36. The summed E-state index contributed by atoms with van der Waals surface area (Å²) in [5.74, 6) is 2.08. The molecule has 0 radical (unpaired) electrons. The fraction of sp³-hybridized carbons (Fsp3) is 0.562. The third-order valence-corrected chi connectivity index (χ3v) is 3.92. The lowest BCUT2D eigenvalue weighted by atomic mass is 9.99. The molecule has 0 unspecified atom stereocenters. The van der Waals surface area contributed by atoms with Crippen molar-refractivity contribution in [3.63, 3.8) is 0 Å². The molecular formula is C16H24N2O3. The molecule has 1 aliphatic heterocycles. The average Bonchev–Trinajstić information content (AvgIpc) is 2.49. The Morgan fingerprint density at radius 3 is 2.62 bits per heavy atom. The number of carbonyl (C=O) groups excluding carboxylic acids is 1. The lowest BCUT2D eigenvalue weighted by molar-refractivity contribution is -0.117. The first-order valence-corrected chi connectivity index (χ1v) is 7.36. The molecule has 0 spiro atoms. The van der Waals surface area contributed by atoms with E-state index >= 15 is 0 Å². The van der Waals surface area contributed by atoms with Crippen LogP contribution in [0.4, 0.5) is 5.69 Å². The van der Waals surface area contributed by atoms with Crippen molar-refractivity contribution in [1.29, 1.82) is 0 Å². The Bertz CT molecular complexity index is 482. The fourth-order valence-corrected chi connectivity index (χ4v) is 2.52. The molecule has 0 aromatic heterocycles. The molecule has 5 nitrogen and oxygen atoms in total. The first-order chi connectivity index (χ1) is 10.1. The maximum atomic E-state index is 12.2. The topological polar surface area (TPSA) is 50.8 Å². The second kappa shape index (κ2) is 7.31. The molecule has 0 bridgehead atoms. The van der Waals surface area contributed by atoms with Gasteiger partial charge in [0.2, 0.25) is 5.91 Å². The normalized spacial score (nSPS) is 16.5. The maximum absolute atomic E-state index is 12.2. The van der Waals surface area contributed by atoms with Crippen LogP contribution >= 0.6 is 0 Å². The smallest absolute Gasteiger partial charge is 0.238 e. The standard InChI is InChI=1S/C16H24N2O3/c1-12-6-8-18(9-7-12)11-16(19)17-14-10-13(20-2)4-5-15(14)21-3/h4-5,10,12H,6-9,11H2,1-3H3,(H,17,19). The Hall–Kier alpha value is -1.75. The number of nitrogens with zero attached hydrogens (tertiary/aromatic N) is 1. The molecule has 0 saturated carbocycles. The van der Waals surface area contributed by atoms with Crippen LogP contribution in [0.25, 0.3) is 0 Å². The highest BCUT2D eigenvalue weighted by molar-refractivity contribution is 5.94. The summed E-state index contributed by atoms with van der Waals surface area (Å²) in [7, 11) is 3.19. The van der Waals surface area contributed by atoms with Crippen molar-refractivity contribution in [3.8, 4) is 11.5 Å². The van der Waals surface area contributed by atoms with Gasteiger partial charge in [-0.1, -0.05) is 6.92 Å². The summed E-state index contributed by atoms with van der Waals surface area (Å²) in [6.45, 7) is 4.67. The van der Waals surface area contributed by atoms with Gasteiger partial charge in [-0.3, -0.25) is 9.69 Å². The van der Waals surface area contributed by atoms with Crippen LogP contribution in [0, 0.1) is 5.92 Å². The van der Waals surface area contributed by atoms with Gasteiger partial charge in [0.05, 0.1) is 26.5 Å². The number of benzene rings is 1. The minimum atomic E-state index is -0.0175. The summed E-state index contributed by atoms with van der Waals surface area (Å²) in [5, 5.41) is 2.91. The first-order valence-electron chi connectivity index (χ1n) is 7.36. The van der Waals surface area contributed by atoms with Gasteiger partial charge in [0.15, 0.2) is 0 Å². The number of anilines is 1. The van der Waals surface area contributed by atoms with Gasteiger partial charge in [-0.25, -0.2) is 0 Å². The van der Waals surface area contributed by atoms with Gasteiger partial charge in [-0.15, -0.1) is 0 Å². The molecule has 1 saturated heterocycles. The number of rotatable bonds is 5. The van der Waals surface area contributed by atoms with Crippen molar-refractivity contribution < 1.29 is 14.3 Å². The van der Waals surface area contributed by atoms with Crippen LogP contribution < -0.4 is 14.8 Å². The summed E-state index contributed by atoms with van der Waals surface area (Å²) < 4.78 is 10.4. The Morgan fingerprint density at radius 2 is 2.00 bits per heavy atom. The molecule has 0 atom stereocenters. The Labute approximate surface area is 126 Å². The molecule has 1 heterocycles. The number of methoxy groups -OCH3 is 2. The average molecular weight is 292 g/mol. The van der Waals surface area contributed by atoms with Gasteiger partial charge in [0.25, 0.3) is 0 Å². The van der Waals surface area contributed by atoms with Gasteiger partial charge in [-0.05, 0) is 44.0 Å². The minimum Gasteiger partial charge on any atom is -0.497 e. The Balaban J connectivity index is 1.95.